The molecule has 4 nitrogen and oxygen atoms in total. The van der Waals surface area contributed by atoms with Crippen molar-refractivity contribution in [1.29, 1.82) is 0 Å². The van der Waals surface area contributed by atoms with Crippen LogP contribution >= 0.6 is 11.6 Å². The lowest BCUT2D eigenvalue weighted by atomic mass is 10.1. The van der Waals surface area contributed by atoms with Gasteiger partial charge >= 0.3 is 0 Å². The molecule has 0 atom stereocenters. The average Bonchev–Trinajstić information content (AvgIpc) is 2.80. The molecule has 0 saturated heterocycles. The van der Waals surface area contributed by atoms with Crippen LogP contribution in [-0.4, -0.2) is 11.8 Å². The van der Waals surface area contributed by atoms with E-state index in [1.165, 1.54) is 0 Å². The molecule has 0 spiro atoms. The van der Waals surface area contributed by atoms with Crippen molar-refractivity contribution in [2.24, 2.45) is 0 Å². The Morgan fingerprint density at radius 1 is 0.957 bits per heavy atom. The van der Waals surface area contributed by atoms with Crippen LogP contribution in [0.5, 0.6) is 0 Å². The number of nitrogens with zero attached hydrogens (tertiary/aromatic N) is 1. The molecular formula is C18H15ClN2O2. The second-order valence-electron chi connectivity index (χ2n) is 5.11. The third-order valence-corrected chi connectivity index (χ3v) is 4.05. The fraction of sp³-hybridized carbons (Fsp3) is 0.111. The van der Waals surface area contributed by atoms with E-state index in [0.29, 0.717) is 5.69 Å². The van der Waals surface area contributed by atoms with Crippen LogP contribution in [0.2, 0.25) is 0 Å². The topological polar surface area (TPSA) is 49.4 Å². The zero-order chi connectivity index (χ0) is 16.4. The van der Waals surface area contributed by atoms with Gasteiger partial charge in [-0.2, -0.15) is 0 Å². The van der Waals surface area contributed by atoms with Gasteiger partial charge in [-0.1, -0.05) is 54.9 Å². The summed E-state index contributed by atoms with van der Waals surface area (Å²) in [5.74, 6) is -0.962. The molecule has 5 heteroatoms. The first-order valence-electron chi connectivity index (χ1n) is 7.32. The summed E-state index contributed by atoms with van der Waals surface area (Å²) in [7, 11) is 0. The van der Waals surface area contributed by atoms with E-state index in [2.05, 4.69) is 5.32 Å². The molecule has 1 aliphatic rings. The number of anilines is 2. The molecule has 0 aliphatic carbocycles. The second kappa shape index (κ2) is 6.26. The molecule has 3 rings (SSSR count). The van der Waals surface area contributed by atoms with Crippen LogP contribution in [0, 0.1) is 0 Å². The van der Waals surface area contributed by atoms with Crippen LogP contribution in [0.3, 0.4) is 0 Å². The first kappa shape index (κ1) is 15.3. The van der Waals surface area contributed by atoms with Gasteiger partial charge in [-0.25, -0.2) is 4.90 Å². The number of benzene rings is 2. The number of para-hydroxylation sites is 2. The van der Waals surface area contributed by atoms with Gasteiger partial charge in [0, 0.05) is 5.69 Å². The molecule has 0 aromatic heterocycles. The van der Waals surface area contributed by atoms with Crippen LogP contribution in [0.1, 0.15) is 12.5 Å². The number of hydrogen-bond donors (Lipinski definition) is 1. The summed E-state index contributed by atoms with van der Waals surface area (Å²) in [6.45, 7) is 2.02. The first-order valence-corrected chi connectivity index (χ1v) is 7.69. The van der Waals surface area contributed by atoms with Gasteiger partial charge in [0.1, 0.15) is 10.7 Å². The van der Waals surface area contributed by atoms with Crippen molar-refractivity contribution in [2.75, 3.05) is 10.2 Å². The van der Waals surface area contributed by atoms with Crippen LogP contribution in [0.25, 0.3) is 0 Å². The maximum absolute atomic E-state index is 12.6. The smallest absolute Gasteiger partial charge is 0.283 e. The summed E-state index contributed by atoms with van der Waals surface area (Å²) in [5, 5.41) is 2.93. The van der Waals surface area contributed by atoms with E-state index in [-0.39, 0.29) is 10.7 Å². The van der Waals surface area contributed by atoms with E-state index in [9.17, 15) is 9.59 Å². The molecule has 0 saturated carbocycles. The number of hydrogen-bond acceptors (Lipinski definition) is 3. The van der Waals surface area contributed by atoms with Gasteiger partial charge in [-0.3, -0.25) is 9.59 Å². The second-order valence-corrected chi connectivity index (χ2v) is 5.48. The van der Waals surface area contributed by atoms with Gasteiger partial charge in [-0.15, -0.1) is 0 Å². The predicted octanol–water partition coefficient (Wildman–Crippen LogP) is 3.68. The van der Waals surface area contributed by atoms with E-state index < -0.39 is 11.8 Å². The van der Waals surface area contributed by atoms with Gasteiger partial charge in [-0.05, 0) is 30.2 Å². The summed E-state index contributed by atoms with van der Waals surface area (Å²) in [5.41, 5.74) is 2.43. The number of carbonyl (C=O) groups is 2. The highest BCUT2D eigenvalue weighted by molar-refractivity contribution is 6.53. The zero-order valence-corrected chi connectivity index (χ0v) is 13.3. The Labute approximate surface area is 139 Å². The number of amides is 2. The first-order chi connectivity index (χ1) is 11.1. The molecule has 2 aromatic rings. The summed E-state index contributed by atoms with van der Waals surface area (Å²) in [6.07, 6.45) is 0.804. The van der Waals surface area contributed by atoms with Crippen molar-refractivity contribution in [2.45, 2.75) is 13.3 Å². The van der Waals surface area contributed by atoms with Gasteiger partial charge in [0.25, 0.3) is 11.8 Å². The van der Waals surface area contributed by atoms with Gasteiger partial charge < -0.3 is 5.32 Å². The van der Waals surface area contributed by atoms with Crippen molar-refractivity contribution < 1.29 is 9.59 Å². The highest BCUT2D eigenvalue weighted by Gasteiger charge is 2.38. The molecule has 0 radical (unpaired) electrons. The number of rotatable bonds is 4. The molecule has 2 amide bonds. The average molecular weight is 327 g/mol. The summed E-state index contributed by atoms with van der Waals surface area (Å²) in [6, 6.07) is 16.4. The predicted molar refractivity (Wildman–Crippen MR) is 91.3 cm³/mol. The quantitative estimate of drug-likeness (QED) is 0.872. The van der Waals surface area contributed by atoms with Crippen molar-refractivity contribution in [3.05, 3.63) is 70.9 Å². The maximum atomic E-state index is 12.6. The highest BCUT2D eigenvalue weighted by Crippen LogP contribution is 2.30. The molecule has 2 aromatic carbocycles. The van der Waals surface area contributed by atoms with E-state index in [0.717, 1.165) is 22.6 Å². The van der Waals surface area contributed by atoms with Crippen LogP contribution in [0.4, 0.5) is 11.4 Å². The van der Waals surface area contributed by atoms with Crippen LogP contribution < -0.4 is 10.2 Å². The van der Waals surface area contributed by atoms with Gasteiger partial charge in [0.05, 0.1) is 5.69 Å². The minimum absolute atomic E-state index is 0.0928. The number of nitrogens with one attached hydrogen (secondary N) is 1. The van der Waals surface area contributed by atoms with Crippen LogP contribution in [0.15, 0.2) is 65.3 Å². The summed E-state index contributed by atoms with van der Waals surface area (Å²) >= 11 is 6.12. The Morgan fingerprint density at radius 3 is 2.30 bits per heavy atom. The highest BCUT2D eigenvalue weighted by atomic mass is 35.5. The van der Waals surface area contributed by atoms with Gasteiger partial charge in [0.15, 0.2) is 0 Å². The maximum Gasteiger partial charge on any atom is 0.283 e. The minimum Gasteiger partial charge on any atom is -0.349 e. The Balaban J connectivity index is 1.94. The molecule has 1 heterocycles. The van der Waals surface area contributed by atoms with E-state index in [4.69, 9.17) is 11.6 Å². The van der Waals surface area contributed by atoms with E-state index >= 15 is 0 Å². The molecule has 1 aliphatic heterocycles. The Hall–Kier alpha value is -2.59. The van der Waals surface area contributed by atoms with Crippen molar-refractivity contribution >= 4 is 34.8 Å². The van der Waals surface area contributed by atoms with Crippen molar-refractivity contribution in [3.8, 4) is 0 Å². The Bertz CT molecular complexity index is 800. The summed E-state index contributed by atoms with van der Waals surface area (Å²) < 4.78 is 0. The van der Waals surface area contributed by atoms with Crippen LogP contribution in [-0.2, 0) is 16.0 Å². The molecule has 23 heavy (non-hydrogen) atoms. The number of imide groups is 1. The Kier molecular flexibility index (Phi) is 4.17. The molecule has 116 valence electrons. The van der Waals surface area contributed by atoms with Crippen molar-refractivity contribution in [1.82, 2.24) is 0 Å². The minimum atomic E-state index is -0.514. The monoisotopic (exact) mass is 326 g/mol. The lowest BCUT2D eigenvalue weighted by molar-refractivity contribution is -0.120. The number of aryl methyl sites for hydroxylation is 1. The molecule has 0 fully saturated rings. The molecule has 0 unspecified atom stereocenters. The fourth-order valence-corrected chi connectivity index (χ4v) is 2.72. The van der Waals surface area contributed by atoms with Crippen molar-refractivity contribution in [3.63, 3.8) is 0 Å². The fourth-order valence-electron chi connectivity index (χ4n) is 2.51. The third-order valence-electron chi connectivity index (χ3n) is 3.70. The van der Waals surface area contributed by atoms with E-state index in [1.807, 2.05) is 37.3 Å². The third kappa shape index (κ3) is 2.73. The number of halogens is 1. The molecule has 0 bridgehead atoms. The molecular weight excluding hydrogens is 312 g/mol. The standard InChI is InChI=1S/C18H15ClN2O2/c1-2-12-8-6-7-11-14(12)20-16-15(19)17(22)21(18(16)23)13-9-4-3-5-10-13/h3-11,20H,2H2,1H3. The summed E-state index contributed by atoms with van der Waals surface area (Å²) in [4.78, 5) is 26.1. The molecule has 1 N–H and O–H groups in total. The van der Waals surface area contributed by atoms with E-state index in [1.54, 1.807) is 24.3 Å². The SMILES string of the molecule is CCc1ccccc1NC1=C(Cl)C(=O)N(c2ccccc2)C1=O. The zero-order valence-electron chi connectivity index (χ0n) is 12.5. The Morgan fingerprint density at radius 2 is 1.61 bits per heavy atom. The normalized spacial score (nSPS) is 14.6. The van der Waals surface area contributed by atoms with Gasteiger partial charge in [0.2, 0.25) is 0 Å². The number of carbonyl (C=O) groups excluding carboxylic acids is 2. The largest absolute Gasteiger partial charge is 0.349 e. The lowest BCUT2D eigenvalue weighted by Gasteiger charge is -2.15. The lowest BCUT2D eigenvalue weighted by Crippen LogP contribution is -2.32.